The number of hydrogen-bond acceptors (Lipinski definition) is 5. The highest BCUT2D eigenvalue weighted by Gasteiger charge is 2.25. The van der Waals surface area contributed by atoms with E-state index in [1.165, 1.54) is 0 Å². The molecule has 1 saturated carbocycles. The van der Waals surface area contributed by atoms with Gasteiger partial charge >= 0.3 is 5.97 Å². The summed E-state index contributed by atoms with van der Waals surface area (Å²) >= 11 is 5.95. The maximum Gasteiger partial charge on any atom is 0.345 e. The van der Waals surface area contributed by atoms with Gasteiger partial charge < -0.3 is 9.47 Å². The predicted molar refractivity (Wildman–Crippen MR) is 96.1 cm³/mol. The molecule has 3 rings (SSSR count). The van der Waals surface area contributed by atoms with Crippen molar-refractivity contribution in [1.29, 1.82) is 0 Å². The summed E-state index contributed by atoms with van der Waals surface area (Å²) < 4.78 is 11.2. The molecule has 5 nitrogen and oxygen atoms in total. The van der Waals surface area contributed by atoms with Crippen molar-refractivity contribution in [3.63, 3.8) is 0 Å². The molecule has 0 atom stereocenters. The highest BCUT2D eigenvalue weighted by molar-refractivity contribution is 6.30. The second-order valence-electron chi connectivity index (χ2n) is 6.06. The third kappa shape index (κ3) is 4.10. The average Bonchev–Trinajstić information content (AvgIpc) is 3.08. The summed E-state index contributed by atoms with van der Waals surface area (Å²) in [7, 11) is 0. The Hall–Kier alpha value is -2.14. The monoisotopic (exact) mass is 360 g/mol. The molecule has 0 bridgehead atoms. The minimum absolute atomic E-state index is 0.0838. The lowest BCUT2D eigenvalue weighted by atomic mass is 10.1. The Bertz CT molecular complexity index is 756. The molecule has 1 heterocycles. The molecule has 1 aromatic carbocycles. The van der Waals surface area contributed by atoms with Gasteiger partial charge in [0.25, 0.3) is 0 Å². The first kappa shape index (κ1) is 17.7. The van der Waals surface area contributed by atoms with Gasteiger partial charge in [0.15, 0.2) is 5.82 Å². The van der Waals surface area contributed by atoms with Gasteiger partial charge in [-0.2, -0.15) is 4.98 Å². The van der Waals surface area contributed by atoms with Gasteiger partial charge in [-0.3, -0.25) is 0 Å². The molecular formula is C19H21ClN2O3. The fraction of sp³-hybridized carbons (Fsp3) is 0.421. The number of halogens is 1. The van der Waals surface area contributed by atoms with E-state index in [1.807, 2.05) is 12.1 Å². The second kappa shape index (κ2) is 7.83. The molecule has 0 aliphatic heterocycles. The zero-order valence-corrected chi connectivity index (χ0v) is 15.2. The molecule has 25 heavy (non-hydrogen) atoms. The van der Waals surface area contributed by atoms with E-state index in [1.54, 1.807) is 26.0 Å². The molecular weight excluding hydrogens is 340 g/mol. The summed E-state index contributed by atoms with van der Waals surface area (Å²) in [6.45, 7) is 3.84. The molecule has 2 aromatic rings. The van der Waals surface area contributed by atoms with Crippen LogP contribution >= 0.6 is 11.6 Å². The van der Waals surface area contributed by atoms with Gasteiger partial charge in [-0.25, -0.2) is 9.78 Å². The van der Waals surface area contributed by atoms with Crippen molar-refractivity contribution in [2.45, 2.75) is 45.6 Å². The van der Waals surface area contributed by atoms with Crippen molar-refractivity contribution in [1.82, 2.24) is 9.97 Å². The second-order valence-corrected chi connectivity index (χ2v) is 6.50. The molecule has 6 heteroatoms. The molecule has 1 aromatic heterocycles. The predicted octanol–water partition coefficient (Wildman–Crippen LogP) is 4.60. The highest BCUT2D eigenvalue weighted by atomic mass is 35.5. The first-order chi connectivity index (χ1) is 12.1. The molecule has 132 valence electrons. The van der Waals surface area contributed by atoms with E-state index >= 15 is 0 Å². The first-order valence-electron chi connectivity index (χ1n) is 8.57. The lowest BCUT2D eigenvalue weighted by molar-refractivity contribution is 0.0516. The zero-order valence-electron chi connectivity index (χ0n) is 14.4. The minimum atomic E-state index is -0.448. The molecule has 1 fully saturated rings. The van der Waals surface area contributed by atoms with E-state index in [0.717, 1.165) is 31.2 Å². The summed E-state index contributed by atoms with van der Waals surface area (Å²) in [6, 6.07) is 7.26. The normalized spacial score (nSPS) is 14.5. The van der Waals surface area contributed by atoms with E-state index in [4.69, 9.17) is 21.1 Å². The van der Waals surface area contributed by atoms with Gasteiger partial charge in [0.05, 0.1) is 12.3 Å². The lowest BCUT2D eigenvalue weighted by Crippen LogP contribution is -2.18. The van der Waals surface area contributed by atoms with Crippen molar-refractivity contribution in [2.75, 3.05) is 6.61 Å². The number of aryl methyl sites for hydroxylation is 1. The van der Waals surface area contributed by atoms with Crippen molar-refractivity contribution >= 4 is 17.6 Å². The van der Waals surface area contributed by atoms with Crippen molar-refractivity contribution in [3.05, 3.63) is 40.5 Å². The van der Waals surface area contributed by atoms with Crippen LogP contribution in [0.15, 0.2) is 24.3 Å². The maximum absolute atomic E-state index is 12.4. The quantitative estimate of drug-likeness (QED) is 0.729. The number of aromatic nitrogens is 2. The largest absolute Gasteiger partial charge is 0.474 e. The van der Waals surface area contributed by atoms with Crippen LogP contribution in [0.3, 0.4) is 0 Å². The molecule has 0 amide bonds. The van der Waals surface area contributed by atoms with Crippen LogP contribution in [0.5, 0.6) is 5.88 Å². The average molecular weight is 361 g/mol. The fourth-order valence-corrected chi connectivity index (χ4v) is 3.09. The first-order valence-corrected chi connectivity index (χ1v) is 8.94. The van der Waals surface area contributed by atoms with Crippen LogP contribution in [-0.4, -0.2) is 28.6 Å². The van der Waals surface area contributed by atoms with E-state index in [2.05, 4.69) is 9.97 Å². The minimum Gasteiger partial charge on any atom is -0.474 e. The fourth-order valence-electron chi connectivity index (χ4n) is 2.96. The van der Waals surface area contributed by atoms with Crippen LogP contribution in [0.25, 0.3) is 11.4 Å². The molecule has 1 aliphatic carbocycles. The van der Waals surface area contributed by atoms with Crippen LogP contribution in [0, 0.1) is 6.92 Å². The van der Waals surface area contributed by atoms with Crippen LogP contribution in [0.4, 0.5) is 0 Å². The number of nitrogens with zero attached hydrogens (tertiary/aromatic N) is 2. The van der Waals surface area contributed by atoms with Gasteiger partial charge in [-0.05, 0) is 63.8 Å². The maximum atomic E-state index is 12.4. The number of ether oxygens (including phenoxy) is 2. The van der Waals surface area contributed by atoms with E-state index in [9.17, 15) is 4.79 Å². The Morgan fingerprint density at radius 2 is 1.88 bits per heavy atom. The summed E-state index contributed by atoms with van der Waals surface area (Å²) in [5, 5.41) is 0.644. The van der Waals surface area contributed by atoms with E-state index in [0.29, 0.717) is 34.6 Å². The molecule has 1 aliphatic rings. The number of hydrogen-bond donors (Lipinski definition) is 0. The lowest BCUT2D eigenvalue weighted by Gasteiger charge is -2.17. The molecule has 0 radical (unpaired) electrons. The van der Waals surface area contributed by atoms with Crippen LogP contribution in [0.2, 0.25) is 5.02 Å². The Morgan fingerprint density at radius 1 is 1.20 bits per heavy atom. The Kier molecular flexibility index (Phi) is 5.53. The third-order valence-corrected chi connectivity index (χ3v) is 4.47. The van der Waals surface area contributed by atoms with Crippen LogP contribution in [-0.2, 0) is 4.74 Å². The zero-order chi connectivity index (χ0) is 17.8. The molecule has 0 spiro atoms. The van der Waals surface area contributed by atoms with Gasteiger partial charge in [0.1, 0.15) is 11.7 Å². The summed E-state index contributed by atoms with van der Waals surface area (Å²) in [4.78, 5) is 21.4. The highest BCUT2D eigenvalue weighted by Crippen LogP contribution is 2.29. The summed E-state index contributed by atoms with van der Waals surface area (Å²) in [5.41, 5.74) is 1.68. The smallest absolute Gasteiger partial charge is 0.345 e. The number of carbonyl (C=O) groups excluding carboxylic acids is 1. The number of carbonyl (C=O) groups is 1. The van der Waals surface area contributed by atoms with Crippen molar-refractivity contribution in [3.8, 4) is 17.3 Å². The molecule has 0 N–H and O–H groups in total. The summed E-state index contributed by atoms with van der Waals surface area (Å²) in [6.07, 6.45) is 4.30. The van der Waals surface area contributed by atoms with Crippen LogP contribution in [0.1, 0.15) is 48.7 Å². The Labute approximate surface area is 152 Å². The molecule has 0 saturated heterocycles. The number of esters is 1. The summed E-state index contributed by atoms with van der Waals surface area (Å²) in [5.74, 6) is 0.369. The Morgan fingerprint density at radius 3 is 2.52 bits per heavy atom. The number of rotatable bonds is 5. The number of benzene rings is 1. The van der Waals surface area contributed by atoms with Crippen molar-refractivity contribution in [2.24, 2.45) is 0 Å². The molecule has 0 unspecified atom stereocenters. The van der Waals surface area contributed by atoms with E-state index in [-0.39, 0.29) is 6.10 Å². The Balaban J connectivity index is 2.02. The standard InChI is InChI=1S/C19H21ClN2O3/c1-3-24-19(23)16-12(2)21-17(13-8-10-14(20)11-9-13)22-18(16)25-15-6-4-5-7-15/h8-11,15H,3-7H2,1-2H3. The van der Waals surface area contributed by atoms with E-state index < -0.39 is 5.97 Å². The third-order valence-electron chi connectivity index (χ3n) is 4.22. The van der Waals surface area contributed by atoms with Gasteiger partial charge in [-0.15, -0.1) is 0 Å². The van der Waals surface area contributed by atoms with Crippen LogP contribution < -0.4 is 4.74 Å². The van der Waals surface area contributed by atoms with Gasteiger partial charge in [0, 0.05) is 10.6 Å². The van der Waals surface area contributed by atoms with Crippen molar-refractivity contribution < 1.29 is 14.3 Å². The SMILES string of the molecule is CCOC(=O)c1c(C)nc(-c2ccc(Cl)cc2)nc1OC1CCCC1. The van der Waals surface area contributed by atoms with Gasteiger partial charge in [-0.1, -0.05) is 11.6 Å². The topological polar surface area (TPSA) is 61.3 Å². The van der Waals surface area contributed by atoms with Gasteiger partial charge in [0.2, 0.25) is 5.88 Å².